The van der Waals surface area contributed by atoms with E-state index in [0.29, 0.717) is 41.0 Å². The molecule has 0 fully saturated rings. The molecule has 9 heteroatoms. The molecule has 0 radical (unpaired) electrons. The molecule has 174 valence electrons. The molecule has 0 atom stereocenters. The van der Waals surface area contributed by atoms with Crippen LogP contribution in [-0.2, 0) is 19.1 Å². The SMILES string of the molecule is Cc1cccc(C)c1NC(=O)CNC(=O)COC(=O)/C=C/c1cc(Cl)c2c(c1)OCCCO2. The van der Waals surface area contributed by atoms with Crippen LogP contribution in [0.15, 0.2) is 36.4 Å². The van der Waals surface area contributed by atoms with Crippen molar-refractivity contribution >= 4 is 41.1 Å². The molecule has 0 unspecified atom stereocenters. The monoisotopic (exact) mass is 472 g/mol. The van der Waals surface area contributed by atoms with E-state index in [1.165, 1.54) is 12.2 Å². The highest BCUT2D eigenvalue weighted by Gasteiger charge is 2.15. The summed E-state index contributed by atoms with van der Waals surface area (Å²) in [6, 6.07) is 9.01. The highest BCUT2D eigenvalue weighted by atomic mass is 35.5. The number of hydrogen-bond acceptors (Lipinski definition) is 6. The predicted octanol–water partition coefficient (Wildman–Crippen LogP) is 3.43. The Morgan fingerprint density at radius 2 is 1.82 bits per heavy atom. The van der Waals surface area contributed by atoms with Crippen molar-refractivity contribution in [2.24, 2.45) is 0 Å². The van der Waals surface area contributed by atoms with Crippen molar-refractivity contribution < 1.29 is 28.6 Å². The molecule has 0 saturated carbocycles. The Morgan fingerprint density at radius 3 is 2.58 bits per heavy atom. The summed E-state index contributed by atoms with van der Waals surface area (Å²) in [5, 5.41) is 5.56. The fourth-order valence-electron chi connectivity index (χ4n) is 3.12. The molecule has 1 aliphatic rings. The molecule has 8 nitrogen and oxygen atoms in total. The van der Waals surface area contributed by atoms with Crippen LogP contribution in [0.5, 0.6) is 11.5 Å². The van der Waals surface area contributed by atoms with Crippen LogP contribution in [0.2, 0.25) is 5.02 Å². The summed E-state index contributed by atoms with van der Waals surface area (Å²) in [6.07, 6.45) is 3.42. The molecule has 2 aromatic rings. The Balaban J connectivity index is 1.44. The van der Waals surface area contributed by atoms with Crippen molar-refractivity contribution in [3.63, 3.8) is 0 Å². The van der Waals surface area contributed by atoms with E-state index in [4.69, 9.17) is 25.8 Å². The lowest BCUT2D eigenvalue weighted by Crippen LogP contribution is -2.35. The van der Waals surface area contributed by atoms with Crippen molar-refractivity contribution in [1.82, 2.24) is 5.32 Å². The number of para-hydroxylation sites is 1. The Hall–Kier alpha value is -3.52. The van der Waals surface area contributed by atoms with Gasteiger partial charge in [0, 0.05) is 18.2 Å². The van der Waals surface area contributed by atoms with Gasteiger partial charge in [0.15, 0.2) is 18.1 Å². The Morgan fingerprint density at radius 1 is 1.09 bits per heavy atom. The molecule has 33 heavy (non-hydrogen) atoms. The summed E-state index contributed by atoms with van der Waals surface area (Å²) < 4.78 is 16.1. The number of hydrogen-bond donors (Lipinski definition) is 2. The van der Waals surface area contributed by atoms with Crippen molar-refractivity contribution in [1.29, 1.82) is 0 Å². The minimum absolute atomic E-state index is 0.240. The van der Waals surface area contributed by atoms with Gasteiger partial charge >= 0.3 is 5.97 Å². The number of esters is 1. The molecular weight excluding hydrogens is 448 g/mol. The van der Waals surface area contributed by atoms with Crippen LogP contribution in [0.4, 0.5) is 5.69 Å². The summed E-state index contributed by atoms with van der Waals surface area (Å²) in [5.41, 5.74) is 3.17. The smallest absolute Gasteiger partial charge is 0.331 e. The summed E-state index contributed by atoms with van der Waals surface area (Å²) in [4.78, 5) is 36.0. The molecule has 0 saturated heterocycles. The quantitative estimate of drug-likeness (QED) is 0.472. The number of aryl methyl sites for hydroxylation is 2. The lowest BCUT2D eigenvalue weighted by atomic mass is 10.1. The Kier molecular flexibility index (Phi) is 8.32. The van der Waals surface area contributed by atoms with Crippen LogP contribution >= 0.6 is 11.6 Å². The van der Waals surface area contributed by atoms with Crippen LogP contribution in [0.25, 0.3) is 6.08 Å². The number of carbonyl (C=O) groups excluding carboxylic acids is 3. The molecule has 2 N–H and O–H groups in total. The number of nitrogens with one attached hydrogen (secondary N) is 2. The number of benzene rings is 2. The fraction of sp³-hybridized carbons (Fsp3) is 0.292. The lowest BCUT2D eigenvalue weighted by Gasteiger charge is -2.12. The third kappa shape index (κ3) is 6.98. The van der Waals surface area contributed by atoms with Gasteiger partial charge < -0.3 is 24.8 Å². The van der Waals surface area contributed by atoms with Gasteiger partial charge in [0.1, 0.15) is 0 Å². The fourth-order valence-corrected chi connectivity index (χ4v) is 3.39. The molecule has 1 heterocycles. The van der Waals surface area contributed by atoms with Crippen molar-refractivity contribution in [2.75, 3.05) is 31.7 Å². The first-order valence-electron chi connectivity index (χ1n) is 10.4. The van der Waals surface area contributed by atoms with Gasteiger partial charge in [-0.25, -0.2) is 4.79 Å². The lowest BCUT2D eigenvalue weighted by molar-refractivity contribution is -0.143. The minimum atomic E-state index is -0.714. The van der Waals surface area contributed by atoms with Crippen LogP contribution in [0.3, 0.4) is 0 Å². The average Bonchev–Trinajstić information content (AvgIpc) is 3.03. The van der Waals surface area contributed by atoms with Crippen molar-refractivity contribution in [3.05, 3.63) is 58.1 Å². The van der Waals surface area contributed by atoms with E-state index in [-0.39, 0.29) is 12.5 Å². The first kappa shape index (κ1) is 24.1. The number of carbonyl (C=O) groups is 3. The van der Waals surface area contributed by atoms with Crippen molar-refractivity contribution in [3.8, 4) is 11.5 Å². The second-order valence-corrected chi connectivity index (χ2v) is 7.82. The first-order chi connectivity index (χ1) is 15.8. The van der Waals surface area contributed by atoms with Gasteiger partial charge in [0.05, 0.1) is 24.8 Å². The van der Waals surface area contributed by atoms with Gasteiger partial charge in [0.25, 0.3) is 5.91 Å². The number of anilines is 1. The van der Waals surface area contributed by atoms with Crippen molar-refractivity contribution in [2.45, 2.75) is 20.3 Å². The molecule has 0 aromatic heterocycles. The Labute approximate surface area is 196 Å². The Bertz CT molecular complexity index is 1060. The van der Waals surface area contributed by atoms with Gasteiger partial charge in [-0.05, 0) is 48.7 Å². The van der Waals surface area contributed by atoms with Gasteiger partial charge in [-0.2, -0.15) is 0 Å². The molecular formula is C24H25ClN2O6. The minimum Gasteiger partial charge on any atom is -0.489 e. The number of fused-ring (bicyclic) bond motifs is 1. The molecule has 1 aliphatic heterocycles. The van der Waals surface area contributed by atoms with E-state index in [1.807, 2.05) is 32.0 Å². The maximum Gasteiger partial charge on any atom is 0.331 e. The normalized spacial score (nSPS) is 12.7. The van der Waals surface area contributed by atoms with E-state index in [2.05, 4.69) is 10.6 Å². The predicted molar refractivity (Wildman–Crippen MR) is 125 cm³/mol. The second-order valence-electron chi connectivity index (χ2n) is 7.41. The summed E-state index contributed by atoms with van der Waals surface area (Å²) in [7, 11) is 0. The molecule has 2 amide bonds. The van der Waals surface area contributed by atoms with E-state index in [9.17, 15) is 14.4 Å². The highest BCUT2D eigenvalue weighted by molar-refractivity contribution is 6.32. The van der Waals surface area contributed by atoms with E-state index < -0.39 is 18.5 Å². The van der Waals surface area contributed by atoms with Gasteiger partial charge in [-0.1, -0.05) is 29.8 Å². The maximum atomic E-state index is 12.1. The first-order valence-corrected chi connectivity index (χ1v) is 10.8. The topological polar surface area (TPSA) is 103 Å². The molecule has 3 rings (SSSR count). The van der Waals surface area contributed by atoms with Gasteiger partial charge in [0.2, 0.25) is 5.91 Å². The van der Waals surface area contributed by atoms with Gasteiger partial charge in [-0.3, -0.25) is 9.59 Å². The zero-order chi connectivity index (χ0) is 23.8. The van der Waals surface area contributed by atoms with E-state index in [1.54, 1.807) is 12.1 Å². The third-order valence-electron chi connectivity index (χ3n) is 4.77. The summed E-state index contributed by atoms with van der Waals surface area (Å²) in [6.45, 7) is 4.04. The summed E-state index contributed by atoms with van der Waals surface area (Å²) in [5.74, 6) is -0.697. The molecule has 0 spiro atoms. The highest BCUT2D eigenvalue weighted by Crippen LogP contribution is 2.38. The largest absolute Gasteiger partial charge is 0.489 e. The third-order valence-corrected chi connectivity index (χ3v) is 5.05. The summed E-state index contributed by atoms with van der Waals surface area (Å²) >= 11 is 6.23. The van der Waals surface area contributed by atoms with E-state index in [0.717, 1.165) is 17.5 Å². The van der Waals surface area contributed by atoms with Crippen LogP contribution in [0, 0.1) is 13.8 Å². The number of amides is 2. The molecule has 0 bridgehead atoms. The maximum absolute atomic E-state index is 12.1. The number of rotatable bonds is 7. The van der Waals surface area contributed by atoms with Gasteiger partial charge in [-0.15, -0.1) is 0 Å². The van der Waals surface area contributed by atoms with Crippen LogP contribution in [-0.4, -0.2) is 44.1 Å². The standard InChI is InChI=1S/C24H25ClN2O6/c1-15-5-3-6-16(2)23(15)27-20(28)13-26-21(29)14-33-22(30)8-7-17-11-18(25)24-19(12-17)31-9-4-10-32-24/h3,5-8,11-12H,4,9-10,13-14H2,1-2H3,(H,26,29)(H,27,28)/b8-7+. The number of halogens is 1. The van der Waals surface area contributed by atoms with Crippen LogP contribution < -0.4 is 20.1 Å². The van der Waals surface area contributed by atoms with E-state index >= 15 is 0 Å². The zero-order valence-electron chi connectivity index (χ0n) is 18.4. The number of ether oxygens (including phenoxy) is 3. The molecule has 0 aliphatic carbocycles. The zero-order valence-corrected chi connectivity index (χ0v) is 19.2. The van der Waals surface area contributed by atoms with Crippen LogP contribution in [0.1, 0.15) is 23.1 Å². The second kappa shape index (κ2) is 11.4. The molecule has 2 aromatic carbocycles. The average molecular weight is 473 g/mol.